The summed E-state index contributed by atoms with van der Waals surface area (Å²) in [6.07, 6.45) is 10.3. The first-order valence-corrected chi connectivity index (χ1v) is 6.17. The van der Waals surface area contributed by atoms with E-state index in [0.717, 1.165) is 18.2 Å². The van der Waals surface area contributed by atoms with E-state index in [1.807, 2.05) is 6.33 Å². The minimum atomic E-state index is -0.300. The lowest BCUT2D eigenvalue weighted by Gasteiger charge is -2.23. The summed E-state index contributed by atoms with van der Waals surface area (Å²) in [6, 6.07) is -0.300. The highest BCUT2D eigenvalue weighted by Crippen LogP contribution is 2.25. The average molecular weight is 223 g/mol. The Morgan fingerprint density at radius 2 is 2.19 bits per heavy atom. The van der Waals surface area contributed by atoms with Gasteiger partial charge in [0.1, 0.15) is 0 Å². The van der Waals surface area contributed by atoms with Crippen LogP contribution in [0.4, 0.5) is 0 Å². The number of aromatic nitrogens is 2. The van der Waals surface area contributed by atoms with Gasteiger partial charge in [0.05, 0.1) is 24.7 Å². The first-order chi connectivity index (χ1) is 7.81. The number of hydrogen-bond acceptors (Lipinski definition) is 3. The molecule has 0 aromatic carbocycles. The predicted octanol–water partition coefficient (Wildman–Crippen LogP) is 1.46. The third-order valence-corrected chi connectivity index (χ3v) is 3.50. The molecule has 1 unspecified atom stereocenters. The molecule has 1 aromatic heterocycles. The standard InChI is InChI=1S/C12H21N3O/c13-11(8-16)12-6-14-9-15(12)7-10-4-2-1-3-5-10/h6,9-11,16H,1-5,7-8,13H2. The number of hydrogen-bond donors (Lipinski definition) is 2. The van der Waals surface area contributed by atoms with Crippen molar-refractivity contribution in [2.45, 2.75) is 44.7 Å². The Hall–Kier alpha value is -0.870. The molecule has 1 atom stereocenters. The maximum absolute atomic E-state index is 9.07. The molecule has 1 fully saturated rings. The first-order valence-electron chi connectivity index (χ1n) is 6.17. The minimum absolute atomic E-state index is 0.0175. The van der Waals surface area contributed by atoms with Crippen molar-refractivity contribution in [3.05, 3.63) is 18.2 Å². The Balaban J connectivity index is 2.00. The molecule has 2 rings (SSSR count). The lowest BCUT2D eigenvalue weighted by atomic mass is 9.89. The summed E-state index contributed by atoms with van der Waals surface area (Å²) in [4.78, 5) is 4.13. The normalized spacial score (nSPS) is 19.9. The van der Waals surface area contributed by atoms with Crippen LogP contribution in [0.25, 0.3) is 0 Å². The van der Waals surface area contributed by atoms with E-state index in [-0.39, 0.29) is 12.6 Å². The van der Waals surface area contributed by atoms with Gasteiger partial charge in [-0.2, -0.15) is 0 Å². The summed E-state index contributed by atoms with van der Waals surface area (Å²) in [5.41, 5.74) is 6.79. The highest BCUT2D eigenvalue weighted by atomic mass is 16.3. The fraction of sp³-hybridized carbons (Fsp3) is 0.750. The van der Waals surface area contributed by atoms with Crippen molar-refractivity contribution >= 4 is 0 Å². The zero-order valence-corrected chi connectivity index (χ0v) is 9.68. The van der Waals surface area contributed by atoms with Gasteiger partial charge in [-0.15, -0.1) is 0 Å². The van der Waals surface area contributed by atoms with E-state index < -0.39 is 0 Å². The van der Waals surface area contributed by atoms with E-state index in [0.29, 0.717) is 0 Å². The molecule has 1 saturated carbocycles. The fourth-order valence-corrected chi connectivity index (χ4v) is 2.53. The van der Waals surface area contributed by atoms with Gasteiger partial charge >= 0.3 is 0 Å². The molecule has 4 nitrogen and oxygen atoms in total. The number of nitrogens with two attached hydrogens (primary N) is 1. The van der Waals surface area contributed by atoms with Crippen LogP contribution in [-0.2, 0) is 6.54 Å². The van der Waals surface area contributed by atoms with Crippen LogP contribution < -0.4 is 5.73 Å². The molecule has 16 heavy (non-hydrogen) atoms. The number of nitrogens with zero attached hydrogens (tertiary/aromatic N) is 2. The number of aliphatic hydroxyl groups excluding tert-OH is 1. The summed E-state index contributed by atoms with van der Waals surface area (Å²) in [5.74, 6) is 0.757. The van der Waals surface area contributed by atoms with E-state index >= 15 is 0 Å². The highest BCUT2D eigenvalue weighted by molar-refractivity contribution is 5.04. The molecule has 90 valence electrons. The van der Waals surface area contributed by atoms with Gasteiger partial charge in [0.15, 0.2) is 0 Å². The Kier molecular flexibility index (Phi) is 3.96. The summed E-state index contributed by atoms with van der Waals surface area (Å²) in [6.45, 7) is 0.986. The van der Waals surface area contributed by atoms with Gasteiger partial charge in [0, 0.05) is 12.7 Å². The smallest absolute Gasteiger partial charge is 0.0948 e. The van der Waals surface area contributed by atoms with Crippen molar-refractivity contribution in [2.75, 3.05) is 6.61 Å². The van der Waals surface area contributed by atoms with Crippen molar-refractivity contribution in [3.63, 3.8) is 0 Å². The molecule has 1 heterocycles. The van der Waals surface area contributed by atoms with E-state index in [1.54, 1.807) is 6.20 Å². The zero-order valence-electron chi connectivity index (χ0n) is 9.68. The van der Waals surface area contributed by atoms with Crippen molar-refractivity contribution in [3.8, 4) is 0 Å². The van der Waals surface area contributed by atoms with Crippen LogP contribution in [-0.4, -0.2) is 21.3 Å². The van der Waals surface area contributed by atoms with Crippen LogP contribution in [0.3, 0.4) is 0 Å². The Morgan fingerprint density at radius 1 is 1.44 bits per heavy atom. The molecule has 0 radical (unpaired) electrons. The maximum atomic E-state index is 9.07. The summed E-state index contributed by atoms with van der Waals surface area (Å²) in [7, 11) is 0. The molecule has 0 spiro atoms. The predicted molar refractivity (Wildman–Crippen MR) is 62.8 cm³/mol. The summed E-state index contributed by atoms with van der Waals surface area (Å²) in [5, 5.41) is 9.07. The number of aliphatic hydroxyl groups is 1. The van der Waals surface area contributed by atoms with Gasteiger partial charge in [-0.3, -0.25) is 0 Å². The highest BCUT2D eigenvalue weighted by Gasteiger charge is 2.17. The minimum Gasteiger partial charge on any atom is -0.394 e. The topological polar surface area (TPSA) is 64.1 Å². The van der Waals surface area contributed by atoms with Gasteiger partial charge in [0.25, 0.3) is 0 Å². The molecule has 0 bridgehead atoms. The van der Waals surface area contributed by atoms with Gasteiger partial charge < -0.3 is 15.4 Å². The third-order valence-electron chi connectivity index (χ3n) is 3.50. The van der Waals surface area contributed by atoms with Gasteiger partial charge in [-0.25, -0.2) is 4.98 Å². The molecular weight excluding hydrogens is 202 g/mol. The number of rotatable bonds is 4. The van der Waals surface area contributed by atoms with E-state index in [1.165, 1.54) is 32.1 Å². The molecule has 0 saturated heterocycles. The van der Waals surface area contributed by atoms with Crippen LogP contribution in [0.5, 0.6) is 0 Å². The van der Waals surface area contributed by atoms with Crippen LogP contribution in [0, 0.1) is 5.92 Å². The zero-order chi connectivity index (χ0) is 11.4. The van der Waals surface area contributed by atoms with Crippen molar-refractivity contribution in [2.24, 2.45) is 11.7 Å². The molecular formula is C12H21N3O. The van der Waals surface area contributed by atoms with Gasteiger partial charge in [0.2, 0.25) is 0 Å². The molecule has 0 aliphatic heterocycles. The summed E-state index contributed by atoms with van der Waals surface area (Å²) < 4.78 is 2.11. The Bertz CT molecular complexity index is 318. The SMILES string of the molecule is NC(CO)c1cncn1CC1CCCCC1. The van der Waals surface area contributed by atoms with Crippen molar-refractivity contribution < 1.29 is 5.11 Å². The first kappa shape index (κ1) is 11.6. The fourth-order valence-electron chi connectivity index (χ4n) is 2.53. The molecule has 1 aliphatic rings. The lowest BCUT2D eigenvalue weighted by molar-refractivity contribution is 0.258. The largest absolute Gasteiger partial charge is 0.394 e. The second-order valence-electron chi connectivity index (χ2n) is 4.76. The molecule has 1 aliphatic carbocycles. The molecule has 1 aromatic rings. The maximum Gasteiger partial charge on any atom is 0.0948 e. The van der Waals surface area contributed by atoms with Crippen molar-refractivity contribution in [1.82, 2.24) is 9.55 Å². The van der Waals surface area contributed by atoms with Gasteiger partial charge in [-0.05, 0) is 18.8 Å². The van der Waals surface area contributed by atoms with E-state index in [4.69, 9.17) is 10.8 Å². The van der Waals surface area contributed by atoms with Crippen LogP contribution >= 0.6 is 0 Å². The second kappa shape index (κ2) is 5.46. The Labute approximate surface area is 96.5 Å². The van der Waals surface area contributed by atoms with Crippen LogP contribution in [0.15, 0.2) is 12.5 Å². The molecule has 3 N–H and O–H groups in total. The number of imidazole rings is 1. The lowest BCUT2D eigenvalue weighted by Crippen LogP contribution is -2.21. The third kappa shape index (κ3) is 2.62. The summed E-state index contributed by atoms with van der Waals surface area (Å²) >= 11 is 0. The Morgan fingerprint density at radius 3 is 2.88 bits per heavy atom. The molecule has 0 amide bonds. The van der Waals surface area contributed by atoms with E-state index in [2.05, 4.69) is 9.55 Å². The van der Waals surface area contributed by atoms with Crippen molar-refractivity contribution in [1.29, 1.82) is 0 Å². The monoisotopic (exact) mass is 223 g/mol. The second-order valence-corrected chi connectivity index (χ2v) is 4.76. The quantitative estimate of drug-likeness (QED) is 0.812. The van der Waals surface area contributed by atoms with Crippen LogP contribution in [0.2, 0.25) is 0 Å². The van der Waals surface area contributed by atoms with E-state index in [9.17, 15) is 0 Å². The van der Waals surface area contributed by atoms with Gasteiger partial charge in [-0.1, -0.05) is 19.3 Å². The van der Waals surface area contributed by atoms with Crippen LogP contribution in [0.1, 0.15) is 43.8 Å². The molecule has 4 heteroatoms. The average Bonchev–Trinajstić information content (AvgIpc) is 2.77.